The van der Waals surface area contributed by atoms with Gasteiger partial charge in [-0.25, -0.2) is 9.67 Å². The van der Waals surface area contributed by atoms with E-state index < -0.39 is 0 Å². The summed E-state index contributed by atoms with van der Waals surface area (Å²) in [5.41, 5.74) is 3.35. The number of aryl methyl sites for hydroxylation is 1. The third-order valence-corrected chi connectivity index (χ3v) is 6.82. The summed E-state index contributed by atoms with van der Waals surface area (Å²) in [6, 6.07) is 15.2. The number of nitrogens with one attached hydrogen (secondary N) is 1. The number of methoxy groups -OCH3 is 1. The number of carbonyl (C=O) groups is 1. The monoisotopic (exact) mass is 461 g/mol. The molecule has 8 nitrogen and oxygen atoms in total. The number of nitrogens with zero attached hydrogens (tertiary/aromatic N) is 4. The third-order valence-electron chi connectivity index (χ3n) is 5.72. The number of rotatable bonds is 6. The third kappa shape index (κ3) is 4.11. The van der Waals surface area contributed by atoms with Crippen LogP contribution in [0.25, 0.3) is 16.7 Å². The number of aromatic nitrogens is 4. The minimum absolute atomic E-state index is 0.105. The molecule has 1 unspecified atom stereocenters. The minimum atomic E-state index is -0.243. The van der Waals surface area contributed by atoms with Crippen LogP contribution in [-0.4, -0.2) is 38.1 Å². The molecule has 2 aromatic heterocycles. The van der Waals surface area contributed by atoms with Gasteiger partial charge in [0.05, 0.1) is 25.0 Å². The van der Waals surface area contributed by atoms with Gasteiger partial charge in [-0.05, 0) is 36.8 Å². The van der Waals surface area contributed by atoms with Crippen LogP contribution in [0.4, 0.5) is 0 Å². The van der Waals surface area contributed by atoms with Crippen LogP contribution in [0.1, 0.15) is 23.6 Å². The number of thioether (sulfide) groups is 1. The quantitative estimate of drug-likeness (QED) is 0.443. The molecule has 0 spiro atoms. The van der Waals surface area contributed by atoms with Crippen LogP contribution in [0.15, 0.2) is 64.7 Å². The van der Waals surface area contributed by atoms with E-state index in [1.807, 2.05) is 55.5 Å². The molecule has 168 valence electrons. The van der Waals surface area contributed by atoms with Crippen LogP contribution in [0.2, 0.25) is 0 Å². The van der Waals surface area contributed by atoms with Crippen molar-refractivity contribution in [3.63, 3.8) is 0 Å². The van der Waals surface area contributed by atoms with E-state index in [1.54, 1.807) is 22.6 Å². The van der Waals surface area contributed by atoms with Gasteiger partial charge in [0.15, 0.2) is 10.8 Å². The van der Waals surface area contributed by atoms with Gasteiger partial charge in [-0.1, -0.05) is 41.6 Å². The van der Waals surface area contributed by atoms with E-state index in [4.69, 9.17) is 9.72 Å². The topological polar surface area (TPSA) is 91.0 Å². The Labute approximate surface area is 194 Å². The highest BCUT2D eigenvalue weighted by atomic mass is 32.2. The molecule has 33 heavy (non-hydrogen) atoms. The van der Waals surface area contributed by atoms with Gasteiger partial charge in [0.25, 0.3) is 5.56 Å². The molecule has 3 heterocycles. The number of fused-ring (bicyclic) bond motifs is 2. The Kier molecular flexibility index (Phi) is 5.63. The summed E-state index contributed by atoms with van der Waals surface area (Å²) in [5.74, 6) is 1.29. The van der Waals surface area contributed by atoms with Gasteiger partial charge >= 0.3 is 0 Å². The van der Waals surface area contributed by atoms with Crippen molar-refractivity contribution < 1.29 is 9.53 Å². The highest BCUT2D eigenvalue weighted by Gasteiger charge is 2.29. The van der Waals surface area contributed by atoms with E-state index in [2.05, 4.69) is 10.4 Å². The fraction of sp³-hybridized carbons (Fsp3) is 0.250. The zero-order valence-corrected chi connectivity index (χ0v) is 19.1. The van der Waals surface area contributed by atoms with Crippen molar-refractivity contribution in [3.05, 3.63) is 76.2 Å². The highest BCUT2D eigenvalue weighted by Crippen LogP contribution is 2.33. The average molecular weight is 462 g/mol. The molecule has 0 fully saturated rings. The predicted molar refractivity (Wildman–Crippen MR) is 127 cm³/mol. The molecule has 1 atom stereocenters. The Morgan fingerprint density at radius 1 is 1.18 bits per heavy atom. The van der Waals surface area contributed by atoms with E-state index in [9.17, 15) is 9.59 Å². The molecule has 0 saturated heterocycles. The molecular weight excluding hydrogens is 438 g/mol. The number of benzene rings is 2. The average Bonchev–Trinajstić information content (AvgIpc) is 3.43. The van der Waals surface area contributed by atoms with Crippen molar-refractivity contribution in [2.24, 2.45) is 0 Å². The molecular formula is C24H23N5O3S. The zero-order valence-electron chi connectivity index (χ0n) is 18.3. The zero-order chi connectivity index (χ0) is 22.9. The van der Waals surface area contributed by atoms with E-state index in [-0.39, 0.29) is 23.9 Å². The molecule has 1 aliphatic rings. The fourth-order valence-electron chi connectivity index (χ4n) is 3.89. The SMILES string of the molecule is COc1ccc(CNC(=O)CC2CSc3nc4c(cnn4-c4ccc(C)cc4)c(=O)n32)cc1. The van der Waals surface area contributed by atoms with Crippen LogP contribution in [0.5, 0.6) is 5.75 Å². The summed E-state index contributed by atoms with van der Waals surface area (Å²) in [7, 11) is 1.62. The summed E-state index contributed by atoms with van der Waals surface area (Å²) < 4.78 is 8.48. The lowest BCUT2D eigenvalue weighted by Crippen LogP contribution is -2.30. The van der Waals surface area contributed by atoms with Crippen molar-refractivity contribution in [1.82, 2.24) is 24.6 Å². The number of amides is 1. The van der Waals surface area contributed by atoms with E-state index in [0.29, 0.717) is 28.5 Å². The van der Waals surface area contributed by atoms with Crippen LogP contribution in [0.3, 0.4) is 0 Å². The second-order valence-electron chi connectivity index (χ2n) is 7.99. The van der Waals surface area contributed by atoms with Crippen molar-refractivity contribution in [2.45, 2.75) is 31.1 Å². The van der Waals surface area contributed by atoms with Crippen molar-refractivity contribution in [1.29, 1.82) is 0 Å². The number of carbonyl (C=O) groups excluding carboxylic acids is 1. The Hall–Kier alpha value is -3.59. The fourth-order valence-corrected chi connectivity index (χ4v) is 5.02. The molecule has 4 aromatic rings. The Morgan fingerprint density at radius 2 is 1.94 bits per heavy atom. The first kappa shape index (κ1) is 21.3. The maximum Gasteiger partial charge on any atom is 0.265 e. The lowest BCUT2D eigenvalue weighted by atomic mass is 10.2. The summed E-state index contributed by atoms with van der Waals surface area (Å²) >= 11 is 1.49. The van der Waals surface area contributed by atoms with E-state index >= 15 is 0 Å². The molecule has 2 aromatic carbocycles. The Morgan fingerprint density at radius 3 is 2.67 bits per heavy atom. The predicted octanol–water partition coefficient (Wildman–Crippen LogP) is 3.25. The molecule has 1 N–H and O–H groups in total. The van der Waals surface area contributed by atoms with Crippen molar-refractivity contribution >= 4 is 28.7 Å². The lowest BCUT2D eigenvalue weighted by molar-refractivity contribution is -0.121. The first-order valence-electron chi connectivity index (χ1n) is 10.6. The first-order chi connectivity index (χ1) is 16.0. The van der Waals surface area contributed by atoms with Crippen LogP contribution >= 0.6 is 11.8 Å². The summed E-state index contributed by atoms with van der Waals surface area (Å²) in [6.45, 7) is 2.44. The molecule has 1 aliphatic heterocycles. The van der Waals surface area contributed by atoms with Gasteiger partial charge < -0.3 is 10.1 Å². The molecule has 5 rings (SSSR count). The Bertz CT molecular complexity index is 1380. The number of hydrogen-bond acceptors (Lipinski definition) is 6. The normalized spacial score (nSPS) is 14.9. The van der Waals surface area contributed by atoms with Crippen LogP contribution < -0.4 is 15.6 Å². The van der Waals surface area contributed by atoms with Gasteiger partial charge in [-0.15, -0.1) is 0 Å². The molecule has 0 radical (unpaired) electrons. The summed E-state index contributed by atoms with van der Waals surface area (Å²) in [6.07, 6.45) is 1.77. The molecule has 0 saturated carbocycles. The minimum Gasteiger partial charge on any atom is -0.497 e. The van der Waals surface area contributed by atoms with Crippen molar-refractivity contribution in [2.75, 3.05) is 12.9 Å². The Balaban J connectivity index is 1.34. The summed E-state index contributed by atoms with van der Waals surface area (Å²) in [5, 5.41) is 8.41. The largest absolute Gasteiger partial charge is 0.497 e. The lowest BCUT2D eigenvalue weighted by Gasteiger charge is -2.13. The smallest absolute Gasteiger partial charge is 0.265 e. The number of ether oxygens (including phenoxy) is 1. The van der Waals surface area contributed by atoms with Gasteiger partial charge in [0, 0.05) is 18.7 Å². The molecule has 0 aliphatic carbocycles. The maximum atomic E-state index is 13.3. The highest BCUT2D eigenvalue weighted by molar-refractivity contribution is 7.99. The summed E-state index contributed by atoms with van der Waals surface area (Å²) in [4.78, 5) is 30.6. The molecule has 0 bridgehead atoms. The van der Waals surface area contributed by atoms with Gasteiger partial charge in [-0.2, -0.15) is 5.10 Å². The van der Waals surface area contributed by atoms with Gasteiger partial charge in [-0.3, -0.25) is 14.2 Å². The number of hydrogen-bond donors (Lipinski definition) is 1. The second-order valence-corrected chi connectivity index (χ2v) is 8.98. The van der Waals surface area contributed by atoms with Gasteiger partial charge in [0.1, 0.15) is 11.1 Å². The van der Waals surface area contributed by atoms with E-state index in [0.717, 1.165) is 22.6 Å². The van der Waals surface area contributed by atoms with Crippen LogP contribution in [0, 0.1) is 6.92 Å². The molecule has 1 amide bonds. The van der Waals surface area contributed by atoms with Crippen molar-refractivity contribution in [3.8, 4) is 11.4 Å². The van der Waals surface area contributed by atoms with Gasteiger partial charge in [0.2, 0.25) is 5.91 Å². The second kappa shape index (κ2) is 8.74. The first-order valence-corrected chi connectivity index (χ1v) is 11.6. The van der Waals surface area contributed by atoms with Crippen LogP contribution in [-0.2, 0) is 11.3 Å². The van der Waals surface area contributed by atoms with E-state index in [1.165, 1.54) is 11.8 Å². The standard InChI is InChI=1S/C24H23N5O3S/c1-15-3-7-17(8-4-15)29-22-20(13-26-29)23(31)28-18(14-33-24(28)27-22)11-21(30)25-12-16-5-9-19(32-2)10-6-16/h3-10,13,18H,11-12,14H2,1-2H3,(H,25,30). The maximum absolute atomic E-state index is 13.3. The molecule has 9 heteroatoms.